The number of hydrogen-bond acceptors (Lipinski definition) is 3. The largest absolute Gasteiger partial charge is 0.493 e. The van der Waals surface area contributed by atoms with Crippen LogP contribution in [0.1, 0.15) is 69.4 Å². The molecule has 1 fully saturated rings. The predicted molar refractivity (Wildman–Crippen MR) is 86.6 cm³/mol. The summed E-state index contributed by atoms with van der Waals surface area (Å²) in [6, 6.07) is 6.30. The predicted octanol–water partition coefficient (Wildman–Crippen LogP) is 4.97. The van der Waals surface area contributed by atoms with Gasteiger partial charge in [-0.15, -0.1) is 0 Å². The van der Waals surface area contributed by atoms with Crippen molar-refractivity contribution in [1.29, 1.82) is 0 Å². The summed E-state index contributed by atoms with van der Waals surface area (Å²) in [5, 5.41) is 12.0. The molecule has 116 valence electrons. The van der Waals surface area contributed by atoms with Crippen molar-refractivity contribution in [2.24, 2.45) is 11.1 Å². The number of ether oxygens (including phenoxy) is 1. The van der Waals surface area contributed by atoms with Crippen molar-refractivity contribution >= 4 is 6.21 Å². The highest BCUT2D eigenvalue weighted by atomic mass is 16.5. The number of rotatable bonds is 6. The lowest BCUT2D eigenvalue weighted by Crippen LogP contribution is -2.13. The maximum Gasteiger partial charge on any atom is 0.128 e. The molecule has 1 N–H and O–H groups in total. The molecule has 0 bridgehead atoms. The summed E-state index contributed by atoms with van der Waals surface area (Å²) >= 11 is 0. The molecule has 0 atom stereocenters. The monoisotopic (exact) mass is 289 g/mol. The Labute approximate surface area is 128 Å². The molecule has 1 saturated carbocycles. The molecule has 1 aliphatic rings. The third-order valence-electron chi connectivity index (χ3n) is 4.55. The van der Waals surface area contributed by atoms with Gasteiger partial charge in [-0.2, -0.15) is 0 Å². The van der Waals surface area contributed by atoms with E-state index in [1.54, 1.807) is 0 Å². The van der Waals surface area contributed by atoms with E-state index in [1.165, 1.54) is 50.3 Å². The van der Waals surface area contributed by atoms with Gasteiger partial charge in [0.15, 0.2) is 0 Å². The fourth-order valence-corrected chi connectivity index (χ4v) is 3.46. The second kappa shape index (κ2) is 8.06. The van der Waals surface area contributed by atoms with E-state index >= 15 is 0 Å². The van der Waals surface area contributed by atoms with Gasteiger partial charge in [0.2, 0.25) is 0 Å². The quantitative estimate of drug-likeness (QED) is 0.456. The van der Waals surface area contributed by atoms with Crippen LogP contribution in [-0.2, 0) is 0 Å². The van der Waals surface area contributed by atoms with Crippen LogP contribution in [0, 0.1) is 5.92 Å². The fraction of sp³-hybridized carbons (Fsp3) is 0.611. The molecule has 2 rings (SSSR count). The van der Waals surface area contributed by atoms with Crippen molar-refractivity contribution in [2.45, 2.75) is 58.3 Å². The van der Waals surface area contributed by atoms with Crippen LogP contribution in [0.4, 0.5) is 0 Å². The molecular weight excluding hydrogens is 262 g/mol. The molecule has 21 heavy (non-hydrogen) atoms. The summed E-state index contributed by atoms with van der Waals surface area (Å²) in [5.41, 5.74) is 2.22. The Morgan fingerprint density at radius 3 is 2.62 bits per heavy atom. The second-order valence-corrected chi connectivity index (χ2v) is 5.98. The topological polar surface area (TPSA) is 41.8 Å². The van der Waals surface area contributed by atoms with Crippen LogP contribution >= 0.6 is 0 Å². The highest BCUT2D eigenvalue weighted by molar-refractivity contribution is 5.83. The molecule has 1 aromatic carbocycles. The Kier molecular flexibility index (Phi) is 6.09. The average Bonchev–Trinajstić information content (AvgIpc) is 2.51. The fourth-order valence-electron chi connectivity index (χ4n) is 3.46. The minimum absolute atomic E-state index is 0.619. The van der Waals surface area contributed by atoms with Crippen LogP contribution in [0.5, 0.6) is 5.75 Å². The Bertz CT molecular complexity index is 462. The Balaban J connectivity index is 2.08. The minimum atomic E-state index is 0.619. The molecule has 0 aliphatic heterocycles. The molecule has 0 heterocycles. The number of nitrogens with zero attached hydrogens (tertiary/aromatic N) is 1. The molecule has 0 aromatic heterocycles. The Morgan fingerprint density at radius 1 is 1.24 bits per heavy atom. The zero-order valence-corrected chi connectivity index (χ0v) is 13.2. The van der Waals surface area contributed by atoms with Crippen molar-refractivity contribution in [2.75, 3.05) is 6.61 Å². The lowest BCUT2D eigenvalue weighted by Gasteiger charge is -2.29. The van der Waals surface area contributed by atoms with Crippen molar-refractivity contribution in [3.63, 3.8) is 0 Å². The van der Waals surface area contributed by atoms with Gasteiger partial charge in [0.05, 0.1) is 12.8 Å². The summed E-state index contributed by atoms with van der Waals surface area (Å²) in [6.45, 7) is 4.86. The highest BCUT2D eigenvalue weighted by Crippen LogP contribution is 2.38. The molecule has 3 heteroatoms. The molecule has 0 radical (unpaired) electrons. The van der Waals surface area contributed by atoms with E-state index in [2.05, 4.69) is 24.2 Å². The molecule has 0 amide bonds. The van der Waals surface area contributed by atoms with Crippen LogP contribution in [0.15, 0.2) is 23.4 Å². The SMILES string of the molecule is CCCC1CCC(c2ccc(OCC)c(C=NO)c2)CC1. The summed E-state index contributed by atoms with van der Waals surface area (Å²) in [4.78, 5) is 0. The van der Waals surface area contributed by atoms with Crippen molar-refractivity contribution in [3.8, 4) is 5.75 Å². The first kappa shape index (κ1) is 15.9. The van der Waals surface area contributed by atoms with Gasteiger partial charge >= 0.3 is 0 Å². The smallest absolute Gasteiger partial charge is 0.128 e. The first-order chi connectivity index (χ1) is 10.3. The normalized spacial score (nSPS) is 22.6. The van der Waals surface area contributed by atoms with Gasteiger partial charge in [-0.05, 0) is 62.1 Å². The van der Waals surface area contributed by atoms with Gasteiger partial charge in [-0.1, -0.05) is 31.0 Å². The van der Waals surface area contributed by atoms with E-state index in [1.807, 2.05) is 13.0 Å². The number of benzene rings is 1. The first-order valence-electron chi connectivity index (χ1n) is 8.22. The summed E-state index contributed by atoms with van der Waals surface area (Å²) in [7, 11) is 0. The maximum absolute atomic E-state index is 8.82. The van der Waals surface area contributed by atoms with E-state index in [0.29, 0.717) is 12.5 Å². The maximum atomic E-state index is 8.82. The van der Waals surface area contributed by atoms with Crippen molar-refractivity contribution < 1.29 is 9.94 Å². The zero-order valence-electron chi connectivity index (χ0n) is 13.2. The standard InChI is InChI=1S/C18H27NO2/c1-3-5-14-6-8-15(9-7-14)16-10-11-18(21-4-2)17(12-16)13-19-20/h10-15,20H,3-9H2,1-2H3. The van der Waals surface area contributed by atoms with E-state index in [0.717, 1.165) is 17.2 Å². The van der Waals surface area contributed by atoms with Crippen LogP contribution < -0.4 is 4.74 Å². The van der Waals surface area contributed by atoms with E-state index in [9.17, 15) is 0 Å². The first-order valence-corrected chi connectivity index (χ1v) is 8.22. The molecular formula is C18H27NO2. The third kappa shape index (κ3) is 4.23. The zero-order chi connectivity index (χ0) is 15.1. The van der Waals surface area contributed by atoms with Crippen molar-refractivity contribution in [3.05, 3.63) is 29.3 Å². The summed E-state index contributed by atoms with van der Waals surface area (Å²) in [5.74, 6) is 2.35. The van der Waals surface area contributed by atoms with Gasteiger partial charge < -0.3 is 9.94 Å². The Hall–Kier alpha value is -1.51. The Morgan fingerprint density at radius 2 is 2.00 bits per heavy atom. The summed E-state index contributed by atoms with van der Waals surface area (Å²) in [6.07, 6.45) is 9.37. The molecule has 1 aromatic rings. The third-order valence-corrected chi connectivity index (χ3v) is 4.55. The lowest BCUT2D eigenvalue weighted by molar-refractivity contribution is 0.307. The molecule has 1 aliphatic carbocycles. The number of oxime groups is 1. The molecule has 0 unspecified atom stereocenters. The van der Waals surface area contributed by atoms with Gasteiger partial charge in [-0.3, -0.25) is 0 Å². The second-order valence-electron chi connectivity index (χ2n) is 5.98. The van der Waals surface area contributed by atoms with Gasteiger partial charge in [0, 0.05) is 5.56 Å². The highest BCUT2D eigenvalue weighted by Gasteiger charge is 2.22. The minimum Gasteiger partial charge on any atom is -0.493 e. The molecule has 0 saturated heterocycles. The lowest BCUT2D eigenvalue weighted by atomic mass is 9.77. The molecule has 3 nitrogen and oxygen atoms in total. The van der Waals surface area contributed by atoms with Crippen LogP contribution in [0.2, 0.25) is 0 Å². The van der Waals surface area contributed by atoms with Crippen LogP contribution in [0.25, 0.3) is 0 Å². The molecule has 0 spiro atoms. The van der Waals surface area contributed by atoms with E-state index < -0.39 is 0 Å². The van der Waals surface area contributed by atoms with Crippen molar-refractivity contribution in [1.82, 2.24) is 0 Å². The van der Waals surface area contributed by atoms with Crippen LogP contribution in [-0.4, -0.2) is 18.0 Å². The van der Waals surface area contributed by atoms with Gasteiger partial charge in [-0.25, -0.2) is 0 Å². The van der Waals surface area contributed by atoms with Gasteiger partial charge in [0.1, 0.15) is 5.75 Å². The summed E-state index contributed by atoms with van der Waals surface area (Å²) < 4.78 is 5.58. The van der Waals surface area contributed by atoms with Crippen LogP contribution in [0.3, 0.4) is 0 Å². The number of hydrogen-bond donors (Lipinski definition) is 1. The average molecular weight is 289 g/mol. The van der Waals surface area contributed by atoms with Gasteiger partial charge in [0.25, 0.3) is 0 Å². The van der Waals surface area contributed by atoms with E-state index in [-0.39, 0.29) is 0 Å². The van der Waals surface area contributed by atoms with E-state index in [4.69, 9.17) is 9.94 Å².